The van der Waals surface area contributed by atoms with Crippen LogP contribution >= 0.6 is 23.2 Å². The lowest BCUT2D eigenvalue weighted by atomic mass is 9.90. The summed E-state index contributed by atoms with van der Waals surface area (Å²) in [5.74, 6) is 0.566. The zero-order valence-electron chi connectivity index (χ0n) is 16.9. The van der Waals surface area contributed by atoms with Gasteiger partial charge < -0.3 is 10.2 Å². The van der Waals surface area contributed by atoms with Crippen LogP contribution < -0.4 is 5.32 Å². The quantitative estimate of drug-likeness (QED) is 0.768. The molecule has 2 heterocycles. The maximum atomic E-state index is 12.8. The number of anilines is 1. The highest BCUT2D eigenvalue weighted by Gasteiger charge is 2.32. The summed E-state index contributed by atoms with van der Waals surface area (Å²) in [5, 5.41) is 8.23. The van der Waals surface area contributed by atoms with Crippen molar-refractivity contribution in [2.24, 2.45) is 11.3 Å². The van der Waals surface area contributed by atoms with Gasteiger partial charge in [0.1, 0.15) is 5.82 Å². The summed E-state index contributed by atoms with van der Waals surface area (Å²) in [6, 6.07) is 7.20. The molecule has 0 bridgehead atoms. The highest BCUT2D eigenvalue weighted by molar-refractivity contribution is 6.42. The molecule has 0 radical (unpaired) electrons. The van der Waals surface area contributed by atoms with Crippen molar-refractivity contribution < 1.29 is 9.59 Å². The number of amides is 2. The van der Waals surface area contributed by atoms with Crippen LogP contribution in [0.1, 0.15) is 39.2 Å². The molecule has 0 spiro atoms. The summed E-state index contributed by atoms with van der Waals surface area (Å²) < 4.78 is 1.69. The summed E-state index contributed by atoms with van der Waals surface area (Å²) in [5.41, 5.74) is 0.427. The normalized spacial score (nSPS) is 15.4. The first-order chi connectivity index (χ1) is 13.7. The third-order valence-electron chi connectivity index (χ3n) is 5.11. The third-order valence-corrected chi connectivity index (χ3v) is 5.97. The Morgan fingerprint density at radius 2 is 1.86 bits per heavy atom. The molecule has 29 heavy (non-hydrogen) atoms. The van der Waals surface area contributed by atoms with E-state index in [1.54, 1.807) is 23.0 Å². The molecule has 1 fully saturated rings. The number of hydrogen-bond acceptors (Lipinski definition) is 3. The Morgan fingerprint density at radius 1 is 1.17 bits per heavy atom. The van der Waals surface area contributed by atoms with Gasteiger partial charge in [0.2, 0.25) is 11.8 Å². The van der Waals surface area contributed by atoms with Gasteiger partial charge in [0.15, 0.2) is 0 Å². The van der Waals surface area contributed by atoms with E-state index < -0.39 is 5.41 Å². The smallest absolute Gasteiger partial charge is 0.228 e. The van der Waals surface area contributed by atoms with Crippen LogP contribution in [0.5, 0.6) is 0 Å². The number of halogens is 2. The summed E-state index contributed by atoms with van der Waals surface area (Å²) >= 11 is 12.4. The van der Waals surface area contributed by atoms with Crippen molar-refractivity contribution >= 4 is 40.8 Å². The van der Waals surface area contributed by atoms with Gasteiger partial charge in [-0.25, -0.2) is 4.68 Å². The van der Waals surface area contributed by atoms with E-state index in [0.29, 0.717) is 48.3 Å². The lowest BCUT2D eigenvalue weighted by Gasteiger charge is -2.35. The van der Waals surface area contributed by atoms with E-state index in [1.807, 2.05) is 37.8 Å². The van der Waals surface area contributed by atoms with E-state index in [4.69, 9.17) is 23.2 Å². The Kier molecular flexibility index (Phi) is 6.54. The van der Waals surface area contributed by atoms with E-state index >= 15 is 0 Å². The van der Waals surface area contributed by atoms with E-state index in [0.717, 1.165) is 5.56 Å². The molecule has 1 aliphatic heterocycles. The van der Waals surface area contributed by atoms with E-state index in [1.165, 1.54) is 0 Å². The zero-order chi connectivity index (χ0) is 21.2. The molecule has 1 aromatic carbocycles. The Hall–Kier alpha value is -2.05. The van der Waals surface area contributed by atoms with Crippen molar-refractivity contribution in [3.05, 3.63) is 46.1 Å². The Balaban J connectivity index is 1.61. The van der Waals surface area contributed by atoms with Crippen molar-refractivity contribution in [1.29, 1.82) is 0 Å². The Morgan fingerprint density at radius 3 is 2.52 bits per heavy atom. The predicted molar refractivity (Wildman–Crippen MR) is 115 cm³/mol. The minimum atomic E-state index is -0.400. The second-order valence-corrected chi connectivity index (χ2v) is 9.18. The second kappa shape index (κ2) is 8.76. The number of benzene rings is 1. The van der Waals surface area contributed by atoms with Crippen LogP contribution in [0.15, 0.2) is 30.5 Å². The highest BCUT2D eigenvalue weighted by Crippen LogP contribution is 2.27. The number of nitrogens with one attached hydrogen (secondary N) is 1. The van der Waals surface area contributed by atoms with Gasteiger partial charge >= 0.3 is 0 Å². The van der Waals surface area contributed by atoms with Crippen LogP contribution in [0, 0.1) is 11.3 Å². The first-order valence-corrected chi connectivity index (χ1v) is 10.5. The number of rotatable bonds is 4. The SMILES string of the molecule is CC(C)(C)C(=O)N1CCC(C(=O)Nc2ccnn2Cc2cccc(Cl)c2Cl)CC1. The van der Waals surface area contributed by atoms with Gasteiger partial charge in [0.05, 0.1) is 22.8 Å². The summed E-state index contributed by atoms with van der Waals surface area (Å²) in [4.78, 5) is 27.0. The molecule has 1 N–H and O–H groups in total. The number of piperidine rings is 1. The molecule has 1 saturated heterocycles. The predicted octanol–water partition coefficient (Wildman–Crippen LogP) is 4.46. The average molecular weight is 437 g/mol. The molecule has 2 aromatic rings. The number of hydrogen-bond donors (Lipinski definition) is 1. The molecule has 1 aromatic heterocycles. The first kappa shape index (κ1) is 21.7. The molecule has 0 unspecified atom stereocenters. The van der Waals surface area contributed by atoms with Crippen LogP contribution in [-0.4, -0.2) is 39.6 Å². The second-order valence-electron chi connectivity index (χ2n) is 8.39. The van der Waals surface area contributed by atoms with Crippen LogP contribution in [0.25, 0.3) is 0 Å². The fourth-order valence-corrected chi connectivity index (χ4v) is 3.82. The monoisotopic (exact) mass is 436 g/mol. The molecule has 2 amide bonds. The average Bonchev–Trinajstić information content (AvgIpc) is 3.11. The molecular weight excluding hydrogens is 411 g/mol. The number of nitrogens with zero attached hydrogens (tertiary/aromatic N) is 3. The Labute approximate surface area is 181 Å². The standard InChI is InChI=1S/C21H26Cl2N4O2/c1-21(2,3)20(29)26-11-8-14(9-12-26)19(28)25-17-7-10-24-27(17)13-15-5-4-6-16(22)18(15)23/h4-7,10,14H,8-9,11-13H2,1-3H3,(H,25,28). The minimum absolute atomic E-state index is 0.0493. The number of carbonyl (C=O) groups excluding carboxylic acids is 2. The van der Waals surface area contributed by atoms with E-state index in [2.05, 4.69) is 10.4 Å². The van der Waals surface area contributed by atoms with Gasteiger partial charge in [0.25, 0.3) is 0 Å². The van der Waals surface area contributed by atoms with E-state index in [-0.39, 0.29) is 17.7 Å². The topological polar surface area (TPSA) is 67.2 Å². The van der Waals surface area contributed by atoms with Crippen LogP contribution in [0.4, 0.5) is 5.82 Å². The summed E-state index contributed by atoms with van der Waals surface area (Å²) in [6.07, 6.45) is 2.95. The molecule has 0 atom stereocenters. The minimum Gasteiger partial charge on any atom is -0.342 e. The van der Waals surface area contributed by atoms with Crippen LogP contribution in [0.2, 0.25) is 10.0 Å². The number of carbonyl (C=O) groups is 2. The number of aromatic nitrogens is 2. The zero-order valence-corrected chi connectivity index (χ0v) is 18.4. The van der Waals surface area contributed by atoms with Crippen molar-refractivity contribution in [3.63, 3.8) is 0 Å². The fourth-order valence-electron chi connectivity index (χ4n) is 3.44. The molecule has 0 saturated carbocycles. The van der Waals surface area contributed by atoms with Crippen LogP contribution in [0.3, 0.4) is 0 Å². The molecule has 156 valence electrons. The van der Waals surface area contributed by atoms with Gasteiger partial charge in [-0.05, 0) is 24.5 Å². The van der Waals surface area contributed by atoms with Crippen molar-refractivity contribution in [3.8, 4) is 0 Å². The molecule has 8 heteroatoms. The molecule has 6 nitrogen and oxygen atoms in total. The molecule has 3 rings (SSSR count). The van der Waals surface area contributed by atoms with Gasteiger partial charge in [-0.3, -0.25) is 9.59 Å². The maximum absolute atomic E-state index is 12.8. The van der Waals surface area contributed by atoms with Gasteiger partial charge in [0, 0.05) is 30.5 Å². The number of likely N-dealkylation sites (tertiary alicyclic amines) is 1. The fraction of sp³-hybridized carbons (Fsp3) is 0.476. The maximum Gasteiger partial charge on any atom is 0.228 e. The van der Waals surface area contributed by atoms with Crippen molar-refractivity contribution in [1.82, 2.24) is 14.7 Å². The third kappa shape index (κ3) is 5.11. The largest absolute Gasteiger partial charge is 0.342 e. The van der Waals surface area contributed by atoms with Gasteiger partial charge in [-0.15, -0.1) is 0 Å². The molecule has 0 aliphatic carbocycles. The Bertz CT molecular complexity index is 896. The van der Waals surface area contributed by atoms with E-state index in [9.17, 15) is 9.59 Å². The van der Waals surface area contributed by atoms with Gasteiger partial charge in [-0.1, -0.05) is 56.1 Å². The summed E-state index contributed by atoms with van der Waals surface area (Å²) in [6.45, 7) is 7.36. The lowest BCUT2D eigenvalue weighted by Crippen LogP contribution is -2.45. The van der Waals surface area contributed by atoms with Gasteiger partial charge in [-0.2, -0.15) is 5.10 Å². The first-order valence-electron chi connectivity index (χ1n) is 9.72. The molecular formula is C21H26Cl2N4O2. The highest BCUT2D eigenvalue weighted by atomic mass is 35.5. The van der Waals surface area contributed by atoms with Crippen molar-refractivity contribution in [2.45, 2.75) is 40.2 Å². The lowest BCUT2D eigenvalue weighted by molar-refractivity contribution is -0.142. The molecule has 1 aliphatic rings. The van der Waals surface area contributed by atoms with Crippen molar-refractivity contribution in [2.75, 3.05) is 18.4 Å². The van der Waals surface area contributed by atoms with Crippen LogP contribution in [-0.2, 0) is 16.1 Å². The summed E-state index contributed by atoms with van der Waals surface area (Å²) in [7, 11) is 0.